The molecule has 0 saturated heterocycles. The predicted molar refractivity (Wildman–Crippen MR) is 90.2 cm³/mol. The first-order chi connectivity index (χ1) is 12.4. The minimum Gasteiger partial charge on any atom is -0.478 e. The summed E-state index contributed by atoms with van der Waals surface area (Å²) in [5.74, 6) is -2.45. The largest absolute Gasteiger partial charge is 0.478 e. The molecule has 1 aromatic carbocycles. The first-order valence-corrected chi connectivity index (χ1v) is 7.39. The predicted octanol–water partition coefficient (Wildman–Crippen LogP) is 0.655. The SMILES string of the molecule is Cn1ncc(C(=O)O)c1C(=O)Nc1ccc(-n2ccc(C(N)=O)n2)cc1. The Labute approximate surface area is 146 Å². The summed E-state index contributed by atoms with van der Waals surface area (Å²) in [7, 11) is 1.48. The van der Waals surface area contributed by atoms with Crippen LogP contribution in [0, 0.1) is 0 Å². The van der Waals surface area contributed by atoms with E-state index in [4.69, 9.17) is 10.8 Å². The average molecular weight is 354 g/mol. The van der Waals surface area contributed by atoms with Crippen LogP contribution in [0.5, 0.6) is 0 Å². The molecule has 0 unspecified atom stereocenters. The monoisotopic (exact) mass is 354 g/mol. The Morgan fingerprint density at radius 3 is 2.42 bits per heavy atom. The van der Waals surface area contributed by atoms with Crippen LogP contribution in [-0.4, -0.2) is 42.5 Å². The fraction of sp³-hybridized carbons (Fsp3) is 0.0625. The summed E-state index contributed by atoms with van der Waals surface area (Å²) < 4.78 is 2.66. The molecule has 10 nitrogen and oxygen atoms in total. The van der Waals surface area contributed by atoms with E-state index in [0.29, 0.717) is 11.4 Å². The summed E-state index contributed by atoms with van der Waals surface area (Å²) in [4.78, 5) is 34.6. The third-order valence-corrected chi connectivity index (χ3v) is 3.62. The number of aryl methyl sites for hydroxylation is 1. The van der Waals surface area contributed by atoms with Crippen LogP contribution >= 0.6 is 0 Å². The molecule has 3 rings (SSSR count). The van der Waals surface area contributed by atoms with Crippen LogP contribution in [0.25, 0.3) is 5.69 Å². The van der Waals surface area contributed by atoms with Gasteiger partial charge in [0.15, 0.2) is 0 Å². The lowest BCUT2D eigenvalue weighted by Crippen LogP contribution is -2.19. The Kier molecular flexibility index (Phi) is 4.23. The van der Waals surface area contributed by atoms with E-state index < -0.39 is 17.8 Å². The van der Waals surface area contributed by atoms with Crippen LogP contribution in [0.2, 0.25) is 0 Å². The fourth-order valence-electron chi connectivity index (χ4n) is 2.35. The van der Waals surface area contributed by atoms with E-state index in [1.165, 1.54) is 22.5 Å². The van der Waals surface area contributed by atoms with Crippen molar-refractivity contribution in [2.24, 2.45) is 12.8 Å². The van der Waals surface area contributed by atoms with Crippen LogP contribution in [0.3, 0.4) is 0 Å². The zero-order chi connectivity index (χ0) is 18.8. The van der Waals surface area contributed by atoms with Gasteiger partial charge in [-0.1, -0.05) is 0 Å². The molecule has 0 radical (unpaired) electrons. The topological polar surface area (TPSA) is 145 Å². The molecule has 2 amide bonds. The van der Waals surface area contributed by atoms with Crippen molar-refractivity contribution in [3.8, 4) is 5.69 Å². The first-order valence-electron chi connectivity index (χ1n) is 7.39. The number of hydrogen-bond acceptors (Lipinski definition) is 5. The quantitative estimate of drug-likeness (QED) is 0.613. The molecular formula is C16H14N6O4. The van der Waals surface area contributed by atoms with E-state index >= 15 is 0 Å². The Hall–Kier alpha value is -3.95. The van der Waals surface area contributed by atoms with Crippen molar-refractivity contribution in [3.05, 3.63) is 59.7 Å². The van der Waals surface area contributed by atoms with Gasteiger partial charge in [-0.15, -0.1) is 0 Å². The number of hydrogen-bond donors (Lipinski definition) is 3. The minimum absolute atomic E-state index is 0.0558. The van der Waals surface area contributed by atoms with Gasteiger partial charge in [0, 0.05) is 18.9 Å². The number of primary amides is 1. The number of rotatable bonds is 5. The summed E-state index contributed by atoms with van der Waals surface area (Å²) in [6.45, 7) is 0. The van der Waals surface area contributed by atoms with Crippen LogP contribution < -0.4 is 11.1 Å². The van der Waals surface area contributed by atoms with Gasteiger partial charge < -0.3 is 16.2 Å². The number of benzene rings is 1. The van der Waals surface area contributed by atoms with Gasteiger partial charge in [-0.3, -0.25) is 14.3 Å². The van der Waals surface area contributed by atoms with E-state index in [9.17, 15) is 14.4 Å². The molecule has 0 bridgehead atoms. The summed E-state index contributed by atoms with van der Waals surface area (Å²) in [6, 6.07) is 8.09. The van der Waals surface area contributed by atoms with Crippen LogP contribution in [-0.2, 0) is 7.05 Å². The van der Waals surface area contributed by atoms with Gasteiger partial charge in [0.1, 0.15) is 17.0 Å². The van der Waals surface area contributed by atoms with Gasteiger partial charge in [0.05, 0.1) is 11.9 Å². The maximum absolute atomic E-state index is 12.4. The second kappa shape index (κ2) is 6.51. The zero-order valence-electron chi connectivity index (χ0n) is 13.6. The van der Waals surface area contributed by atoms with Crippen molar-refractivity contribution in [1.29, 1.82) is 0 Å². The van der Waals surface area contributed by atoms with E-state index in [1.54, 1.807) is 30.5 Å². The maximum atomic E-state index is 12.4. The van der Waals surface area contributed by atoms with Crippen LogP contribution in [0.4, 0.5) is 5.69 Å². The third kappa shape index (κ3) is 3.15. The lowest BCUT2D eigenvalue weighted by atomic mass is 10.2. The normalized spacial score (nSPS) is 10.5. The number of carboxylic acid groups (broad SMARTS) is 1. The molecule has 0 fully saturated rings. The molecular weight excluding hydrogens is 340 g/mol. The number of carbonyl (C=O) groups is 3. The lowest BCUT2D eigenvalue weighted by Gasteiger charge is -2.08. The van der Waals surface area contributed by atoms with Crippen molar-refractivity contribution in [2.75, 3.05) is 5.32 Å². The molecule has 4 N–H and O–H groups in total. The van der Waals surface area contributed by atoms with Gasteiger partial charge >= 0.3 is 5.97 Å². The Bertz CT molecular complexity index is 1000. The average Bonchev–Trinajstić information content (AvgIpc) is 3.22. The highest BCUT2D eigenvalue weighted by Crippen LogP contribution is 2.16. The number of aromatic carboxylic acids is 1. The van der Waals surface area contributed by atoms with Gasteiger partial charge in [-0.25, -0.2) is 9.48 Å². The molecule has 0 atom stereocenters. The number of aromatic nitrogens is 4. The van der Waals surface area contributed by atoms with Crippen molar-refractivity contribution in [2.45, 2.75) is 0 Å². The number of carboxylic acids is 1. The van der Waals surface area contributed by atoms with Gasteiger partial charge in [-0.05, 0) is 30.3 Å². The number of amides is 2. The number of nitrogens with one attached hydrogen (secondary N) is 1. The first kappa shape index (κ1) is 16.9. The second-order valence-electron chi connectivity index (χ2n) is 5.35. The molecule has 2 aromatic heterocycles. The molecule has 0 spiro atoms. The summed E-state index contributed by atoms with van der Waals surface area (Å²) >= 11 is 0. The molecule has 0 aliphatic carbocycles. The van der Waals surface area contributed by atoms with E-state index in [0.717, 1.165) is 6.20 Å². The Morgan fingerprint density at radius 2 is 1.85 bits per heavy atom. The molecule has 0 saturated carbocycles. The number of carbonyl (C=O) groups excluding carboxylic acids is 2. The van der Waals surface area contributed by atoms with Crippen molar-refractivity contribution >= 4 is 23.5 Å². The fourth-order valence-corrected chi connectivity index (χ4v) is 2.35. The van der Waals surface area contributed by atoms with Crippen molar-refractivity contribution < 1.29 is 19.5 Å². The van der Waals surface area contributed by atoms with Gasteiger partial charge in [0.2, 0.25) is 0 Å². The number of nitrogens with two attached hydrogens (primary N) is 1. The lowest BCUT2D eigenvalue weighted by molar-refractivity contribution is 0.0692. The van der Waals surface area contributed by atoms with Gasteiger partial charge in [0.25, 0.3) is 11.8 Å². The Balaban J connectivity index is 1.79. The molecule has 2 heterocycles. The van der Waals surface area contributed by atoms with Crippen LogP contribution in [0.1, 0.15) is 31.3 Å². The van der Waals surface area contributed by atoms with Crippen molar-refractivity contribution in [3.63, 3.8) is 0 Å². The number of nitrogens with zero attached hydrogens (tertiary/aromatic N) is 4. The summed E-state index contributed by atoms with van der Waals surface area (Å²) in [5, 5.41) is 19.6. The molecule has 0 aliphatic rings. The molecule has 26 heavy (non-hydrogen) atoms. The standard InChI is InChI=1S/C16H14N6O4/c1-21-13(11(8-18-21)16(25)26)15(24)19-9-2-4-10(5-3-9)22-7-6-12(20-22)14(17)23/h2-8H,1H3,(H2,17,23)(H,19,24)(H,25,26). The molecule has 3 aromatic rings. The summed E-state index contributed by atoms with van der Waals surface area (Å²) in [6.07, 6.45) is 2.71. The van der Waals surface area contributed by atoms with Crippen molar-refractivity contribution in [1.82, 2.24) is 19.6 Å². The molecule has 132 valence electrons. The van der Waals surface area contributed by atoms with E-state index in [1.807, 2.05) is 0 Å². The minimum atomic E-state index is -1.23. The molecule has 0 aliphatic heterocycles. The van der Waals surface area contributed by atoms with E-state index in [-0.39, 0.29) is 17.0 Å². The highest BCUT2D eigenvalue weighted by Gasteiger charge is 2.21. The zero-order valence-corrected chi connectivity index (χ0v) is 13.6. The van der Waals surface area contributed by atoms with Crippen LogP contribution in [0.15, 0.2) is 42.7 Å². The Morgan fingerprint density at radius 1 is 1.15 bits per heavy atom. The summed E-state index contributed by atoms with van der Waals surface area (Å²) in [5.41, 5.74) is 6.18. The molecule has 10 heteroatoms. The highest BCUT2D eigenvalue weighted by molar-refractivity contribution is 6.09. The number of anilines is 1. The highest BCUT2D eigenvalue weighted by atomic mass is 16.4. The van der Waals surface area contributed by atoms with Gasteiger partial charge in [-0.2, -0.15) is 10.2 Å². The second-order valence-corrected chi connectivity index (χ2v) is 5.35. The smallest absolute Gasteiger partial charge is 0.339 e. The maximum Gasteiger partial charge on any atom is 0.339 e. The third-order valence-electron chi connectivity index (χ3n) is 3.62. The van der Waals surface area contributed by atoms with E-state index in [2.05, 4.69) is 15.5 Å².